The summed E-state index contributed by atoms with van der Waals surface area (Å²) < 4.78 is 6.96. The van der Waals surface area contributed by atoms with Crippen molar-refractivity contribution in [3.63, 3.8) is 0 Å². The van der Waals surface area contributed by atoms with Crippen molar-refractivity contribution in [1.82, 2.24) is 4.90 Å². The Morgan fingerprint density at radius 2 is 1.46 bits per heavy atom. The topological polar surface area (TPSA) is 78.9 Å². The van der Waals surface area contributed by atoms with E-state index in [4.69, 9.17) is 9.73 Å². The van der Waals surface area contributed by atoms with Crippen LogP contribution in [0.2, 0.25) is 0 Å². The summed E-state index contributed by atoms with van der Waals surface area (Å²) in [5, 5.41) is 22.4. The maximum atomic E-state index is 11.2. The van der Waals surface area contributed by atoms with E-state index in [0.29, 0.717) is 33.0 Å². The molecule has 3 atom stereocenters. The molecule has 3 aliphatic rings. The summed E-state index contributed by atoms with van der Waals surface area (Å²) in [7, 11) is 0. The molecule has 2 bridgehead atoms. The van der Waals surface area contributed by atoms with Gasteiger partial charge in [-0.2, -0.15) is 0 Å². The molecule has 2 fully saturated rings. The Hall–Kier alpha value is -4.10. The first kappa shape index (κ1) is 27.1. The van der Waals surface area contributed by atoms with Gasteiger partial charge < -0.3 is 0 Å². The van der Waals surface area contributed by atoms with Gasteiger partial charge in [0.05, 0.1) is 0 Å². The van der Waals surface area contributed by atoms with Crippen molar-refractivity contribution in [1.29, 1.82) is 10.5 Å². The van der Waals surface area contributed by atoms with E-state index < -0.39 is 16.7 Å². The standard InChI is InChI=1S/C33H33N6OSe/c1-4-40-28-8-6-5-7-27(28)29-32(17-34)19-37(25-13-9-23(2)10-14-25)20-33(29,18-35)31(41)39-22-38(21-36-30(32)39)26-15-11-24(3)12-16-26/h5-16,29,41H,4,19-22H2,1-3H3. The van der Waals surface area contributed by atoms with Crippen molar-refractivity contribution in [2.24, 2.45) is 15.8 Å². The molecule has 1 radical (unpaired) electrons. The van der Waals surface area contributed by atoms with Crippen molar-refractivity contribution in [2.75, 3.05) is 42.8 Å². The number of amidine groups is 1. The Bertz CT molecular complexity index is 1600. The Labute approximate surface area is 249 Å². The quantitative estimate of drug-likeness (QED) is 0.397. The second kappa shape index (κ2) is 10.4. The van der Waals surface area contributed by atoms with E-state index in [2.05, 4.69) is 105 Å². The zero-order chi connectivity index (χ0) is 28.8. The third-order valence-corrected chi connectivity index (χ3v) is 9.95. The van der Waals surface area contributed by atoms with Gasteiger partial charge in [-0.3, -0.25) is 0 Å². The molecule has 0 amide bonds. The summed E-state index contributed by atoms with van der Waals surface area (Å²) >= 11 is 2.68. The fourth-order valence-corrected chi connectivity index (χ4v) is 7.52. The van der Waals surface area contributed by atoms with Crippen LogP contribution in [0, 0.1) is 47.3 Å². The molecule has 8 heteroatoms. The van der Waals surface area contributed by atoms with Gasteiger partial charge in [-0.25, -0.2) is 0 Å². The number of nitrogens with zero attached hydrogens (tertiary/aromatic N) is 6. The Morgan fingerprint density at radius 3 is 2.07 bits per heavy atom. The fraction of sp³-hybridized carbons (Fsp3) is 0.333. The number of piperidine rings is 2. The summed E-state index contributed by atoms with van der Waals surface area (Å²) in [6.07, 6.45) is 0. The van der Waals surface area contributed by atoms with Crippen LogP contribution in [0.3, 0.4) is 0 Å². The first-order valence-corrected chi connectivity index (χ1v) is 14.9. The molecule has 3 unspecified atom stereocenters. The second-order valence-electron chi connectivity index (χ2n) is 11.2. The van der Waals surface area contributed by atoms with E-state index in [1.807, 2.05) is 31.2 Å². The summed E-state index contributed by atoms with van der Waals surface area (Å²) in [6, 6.07) is 30.1. The van der Waals surface area contributed by atoms with Crippen LogP contribution in [-0.4, -0.2) is 63.9 Å². The Balaban J connectivity index is 1.56. The molecule has 6 rings (SSSR count). The van der Waals surface area contributed by atoms with E-state index in [1.165, 1.54) is 5.56 Å². The average molecular weight is 609 g/mol. The SMILES string of the molecule is CCOc1ccccc1C1C2(C#N)CN(c3ccc(C)cc3)CC1(C#N)C1=NCN(c3ccc(C)cc3)CN1C2=[SeH]. The van der Waals surface area contributed by atoms with Crippen molar-refractivity contribution in [2.45, 2.75) is 26.7 Å². The molecule has 3 aromatic rings. The van der Waals surface area contributed by atoms with Crippen LogP contribution < -0.4 is 14.5 Å². The molecule has 3 aliphatic heterocycles. The average Bonchev–Trinajstić information content (AvgIpc) is 3.00. The van der Waals surface area contributed by atoms with Gasteiger partial charge in [0.15, 0.2) is 0 Å². The van der Waals surface area contributed by atoms with Crippen molar-refractivity contribution < 1.29 is 4.74 Å². The molecular formula is C33H33N6OSe. The molecule has 3 heterocycles. The van der Waals surface area contributed by atoms with E-state index >= 15 is 0 Å². The number of hydrogen-bond acceptors (Lipinski definition) is 7. The summed E-state index contributed by atoms with van der Waals surface area (Å²) in [5.41, 5.74) is 3.19. The monoisotopic (exact) mass is 609 g/mol. The number of ether oxygens (including phenoxy) is 1. The van der Waals surface area contributed by atoms with Gasteiger partial charge in [-0.15, -0.1) is 0 Å². The normalized spacial score (nSPS) is 25.1. The predicted octanol–water partition coefficient (Wildman–Crippen LogP) is 4.51. The third kappa shape index (κ3) is 4.22. The number of para-hydroxylation sites is 1. The zero-order valence-electron chi connectivity index (χ0n) is 23.6. The molecule has 0 spiro atoms. The van der Waals surface area contributed by atoms with E-state index in [1.54, 1.807) is 0 Å². The van der Waals surface area contributed by atoms with Crippen LogP contribution >= 0.6 is 0 Å². The minimum absolute atomic E-state index is 0.418. The molecular weight excluding hydrogens is 575 g/mol. The first-order chi connectivity index (χ1) is 19.9. The van der Waals surface area contributed by atoms with E-state index in [-0.39, 0.29) is 0 Å². The molecule has 41 heavy (non-hydrogen) atoms. The van der Waals surface area contributed by atoms with Gasteiger partial charge in [0.2, 0.25) is 0 Å². The van der Waals surface area contributed by atoms with Gasteiger partial charge >= 0.3 is 250 Å². The number of rotatable bonds is 5. The van der Waals surface area contributed by atoms with Crippen molar-refractivity contribution in [3.05, 3.63) is 89.5 Å². The molecule has 7 nitrogen and oxygen atoms in total. The van der Waals surface area contributed by atoms with E-state index in [9.17, 15) is 10.5 Å². The molecule has 207 valence electrons. The third-order valence-electron chi connectivity index (χ3n) is 8.61. The van der Waals surface area contributed by atoms with Gasteiger partial charge in [-0.05, 0) is 0 Å². The number of anilines is 2. The van der Waals surface area contributed by atoms with Crippen LogP contribution in [0.1, 0.15) is 29.5 Å². The van der Waals surface area contributed by atoms with Gasteiger partial charge in [0.1, 0.15) is 0 Å². The molecule has 0 saturated carbocycles. The maximum absolute atomic E-state index is 11.2. The molecule has 3 aromatic carbocycles. The van der Waals surface area contributed by atoms with Crippen molar-refractivity contribution in [3.8, 4) is 17.9 Å². The van der Waals surface area contributed by atoms with Crippen molar-refractivity contribution >= 4 is 37.3 Å². The van der Waals surface area contributed by atoms with E-state index in [0.717, 1.165) is 38.6 Å². The number of hydrogen-bond donors (Lipinski definition) is 0. The number of fused-ring (bicyclic) bond motifs is 4. The van der Waals surface area contributed by atoms with Crippen LogP contribution in [0.5, 0.6) is 5.75 Å². The second-order valence-corrected chi connectivity index (χ2v) is 12.0. The summed E-state index contributed by atoms with van der Waals surface area (Å²) in [4.78, 5) is 11.6. The molecule has 0 aliphatic carbocycles. The Morgan fingerprint density at radius 1 is 0.878 bits per heavy atom. The number of aryl methyl sites for hydroxylation is 2. The summed E-state index contributed by atoms with van der Waals surface area (Å²) in [6.45, 7) is 8.40. The number of aliphatic imine (C=N–C) groups is 1. The number of benzene rings is 3. The molecule has 0 aromatic heterocycles. The fourth-order valence-electron chi connectivity index (χ4n) is 6.66. The van der Waals surface area contributed by atoms with Crippen LogP contribution in [0.15, 0.2) is 77.8 Å². The van der Waals surface area contributed by atoms with Crippen LogP contribution in [-0.2, 0) is 0 Å². The number of nitriles is 2. The Kier molecular flexibility index (Phi) is 6.86. The van der Waals surface area contributed by atoms with Gasteiger partial charge in [0, 0.05) is 0 Å². The van der Waals surface area contributed by atoms with Crippen LogP contribution in [0.4, 0.5) is 11.4 Å². The summed E-state index contributed by atoms with van der Waals surface area (Å²) in [5.74, 6) is 0.973. The molecule has 2 saturated heterocycles. The minimum atomic E-state index is -1.09. The zero-order valence-corrected chi connectivity index (χ0v) is 25.5. The first-order valence-electron chi connectivity index (χ1n) is 13.9. The van der Waals surface area contributed by atoms with Gasteiger partial charge in [-0.1, -0.05) is 0 Å². The van der Waals surface area contributed by atoms with Crippen LogP contribution in [0.25, 0.3) is 0 Å². The van der Waals surface area contributed by atoms with Gasteiger partial charge in [0.25, 0.3) is 0 Å². The molecule has 0 N–H and O–H groups in total. The predicted molar refractivity (Wildman–Crippen MR) is 165 cm³/mol.